The highest BCUT2D eigenvalue weighted by atomic mass is 16.5. The lowest BCUT2D eigenvalue weighted by Crippen LogP contribution is -2.76. The van der Waals surface area contributed by atoms with Gasteiger partial charge in [0.15, 0.2) is 0 Å². The summed E-state index contributed by atoms with van der Waals surface area (Å²) < 4.78 is 24.7. The van der Waals surface area contributed by atoms with Gasteiger partial charge >= 0.3 is 0 Å². The summed E-state index contributed by atoms with van der Waals surface area (Å²) in [5.41, 5.74) is 3.42. The molecule has 5 aliphatic rings. The maximum absolute atomic E-state index is 13.3. The number of rotatable bonds is 19. The number of carbonyl (C=O) groups is 5. The molecule has 0 spiro atoms. The molecule has 3 N–H and O–H groups in total. The Morgan fingerprint density at radius 3 is 2.37 bits per heavy atom. The van der Waals surface area contributed by atoms with Gasteiger partial charge in [-0.05, 0) is 79.4 Å². The van der Waals surface area contributed by atoms with E-state index in [2.05, 4.69) is 32.9 Å². The molecular formula is C45H51N7O10. The second-order valence-corrected chi connectivity index (χ2v) is 16.8. The number of anilines is 1. The average Bonchev–Trinajstić information content (AvgIpc) is 3.49. The number of aryl methyl sites for hydroxylation is 1. The Balaban J connectivity index is 0.732. The van der Waals surface area contributed by atoms with E-state index in [4.69, 9.17) is 18.9 Å². The topological polar surface area (TPSA) is 200 Å². The number of benzene rings is 2. The van der Waals surface area contributed by atoms with E-state index in [9.17, 15) is 28.8 Å². The fraction of sp³-hybridized carbons (Fsp3) is 0.444. The fourth-order valence-electron chi connectivity index (χ4n) is 9.80. The lowest BCUT2D eigenvalue weighted by molar-refractivity contribution is -0.173. The zero-order valence-corrected chi connectivity index (χ0v) is 35.3. The van der Waals surface area contributed by atoms with E-state index in [1.807, 2.05) is 24.4 Å². The summed E-state index contributed by atoms with van der Waals surface area (Å²) in [6.45, 7) is 3.01. The molecule has 17 heteroatoms. The van der Waals surface area contributed by atoms with Gasteiger partial charge in [-0.1, -0.05) is 6.07 Å². The summed E-state index contributed by atoms with van der Waals surface area (Å²) in [5.74, 6) is -0.859. The van der Waals surface area contributed by atoms with Crippen LogP contribution in [0.2, 0.25) is 0 Å². The molecule has 2 aliphatic heterocycles. The number of hydrogen-bond acceptors (Lipinski definition) is 13. The molecule has 3 aliphatic carbocycles. The Labute approximate surface area is 358 Å². The number of fused-ring (bicyclic) bond motifs is 2. The van der Waals surface area contributed by atoms with Crippen LogP contribution in [0.5, 0.6) is 11.5 Å². The van der Waals surface area contributed by atoms with E-state index in [0.717, 1.165) is 52.8 Å². The minimum atomic E-state index is -1.03. The van der Waals surface area contributed by atoms with Crippen molar-refractivity contribution in [3.05, 3.63) is 82.0 Å². The van der Waals surface area contributed by atoms with Crippen molar-refractivity contribution in [3.8, 4) is 22.6 Å². The van der Waals surface area contributed by atoms with Gasteiger partial charge in [-0.25, -0.2) is 0 Å². The first kappa shape index (κ1) is 42.5. The number of imide groups is 2. The number of nitrogens with one attached hydrogen (secondary N) is 3. The third kappa shape index (κ3) is 8.14. The molecular weight excluding hydrogens is 799 g/mol. The molecule has 2 bridgehead atoms. The molecule has 5 amide bonds. The maximum Gasteiger partial charge on any atom is 0.264 e. The van der Waals surface area contributed by atoms with Crippen LogP contribution in [-0.2, 0) is 37.4 Å². The molecule has 4 heterocycles. The van der Waals surface area contributed by atoms with Crippen molar-refractivity contribution < 1.29 is 42.9 Å². The van der Waals surface area contributed by atoms with E-state index < -0.39 is 29.7 Å². The SMILES string of the molecule is COc1cc(-c2cn(C)c(=O)c3cnccc23)cc(OC)c1CN(C)CC12CC(NC(=O)CCOCCOCCNc3cccc4c3C(=O)N(C3CCC(=O)NC3=O)C4=O)(C1)C2. The Morgan fingerprint density at radius 1 is 0.935 bits per heavy atom. The number of aromatic nitrogens is 2. The average molecular weight is 850 g/mol. The zero-order chi connectivity index (χ0) is 43.8. The van der Waals surface area contributed by atoms with Gasteiger partial charge in [0.25, 0.3) is 17.4 Å². The van der Waals surface area contributed by atoms with Gasteiger partial charge in [0.2, 0.25) is 17.7 Å². The Bertz CT molecular complexity index is 2480. The first-order valence-corrected chi connectivity index (χ1v) is 20.8. The summed E-state index contributed by atoms with van der Waals surface area (Å²) in [7, 11) is 7.11. The number of carbonyl (C=O) groups excluding carboxylic acids is 5. The van der Waals surface area contributed by atoms with Crippen LogP contribution in [0.4, 0.5) is 5.69 Å². The van der Waals surface area contributed by atoms with Crippen molar-refractivity contribution in [2.24, 2.45) is 12.5 Å². The van der Waals surface area contributed by atoms with E-state index in [1.54, 1.807) is 56.4 Å². The monoisotopic (exact) mass is 849 g/mol. The van der Waals surface area contributed by atoms with Crippen LogP contribution in [-0.4, -0.2) is 121 Å². The molecule has 9 rings (SSSR count). The summed E-state index contributed by atoms with van der Waals surface area (Å²) in [6.07, 6.45) is 8.27. The maximum atomic E-state index is 13.3. The first-order chi connectivity index (χ1) is 29.8. The van der Waals surface area contributed by atoms with Gasteiger partial charge in [-0.15, -0.1) is 0 Å². The van der Waals surface area contributed by atoms with E-state index in [0.29, 0.717) is 55.5 Å². The molecule has 4 aromatic rings. The molecule has 326 valence electrons. The van der Waals surface area contributed by atoms with Crippen LogP contribution < -0.4 is 31.0 Å². The summed E-state index contributed by atoms with van der Waals surface area (Å²) in [6, 6.07) is 9.69. The Hall–Kier alpha value is -6.17. The Kier molecular flexibility index (Phi) is 11.9. The predicted molar refractivity (Wildman–Crippen MR) is 227 cm³/mol. The standard InChI is InChI=1S/C45H51N7O10/c1-50(21-32-35(59-3)18-27(19-36(32)60-4)31-22-51(2)41(56)30-20-46-12-10-28(30)31)26-44-23-45(24-44,25-44)49-38(54)11-14-61-16-17-62-15-13-47-33-7-5-6-29-39(33)43(58)52(42(29)57)34-8-9-37(53)48-40(34)55/h5-7,10,12,18-20,22,34,47H,8-9,11,13-17,21,23-26H2,1-4H3,(H,49,54)(H,48,53,55). The summed E-state index contributed by atoms with van der Waals surface area (Å²) in [5, 5.41) is 9.94. The predicted octanol–water partition coefficient (Wildman–Crippen LogP) is 3.03. The van der Waals surface area contributed by atoms with Crippen LogP contribution >= 0.6 is 0 Å². The molecule has 1 unspecified atom stereocenters. The van der Waals surface area contributed by atoms with Crippen LogP contribution in [0, 0.1) is 5.41 Å². The number of piperidine rings is 1. The lowest BCUT2D eigenvalue weighted by Gasteiger charge is -2.71. The van der Waals surface area contributed by atoms with E-state index in [1.165, 1.54) is 0 Å². The quantitative estimate of drug-likeness (QED) is 0.0920. The minimum absolute atomic E-state index is 0.0338. The highest BCUT2D eigenvalue weighted by molar-refractivity contribution is 6.25. The van der Waals surface area contributed by atoms with Crippen LogP contribution in [0.15, 0.2) is 59.8 Å². The van der Waals surface area contributed by atoms with Gasteiger partial charge < -0.3 is 39.0 Å². The van der Waals surface area contributed by atoms with Crippen molar-refractivity contribution in [2.45, 2.75) is 56.7 Å². The third-order valence-electron chi connectivity index (χ3n) is 12.4. The number of hydrogen-bond donors (Lipinski definition) is 3. The molecule has 2 aromatic carbocycles. The highest BCUT2D eigenvalue weighted by Crippen LogP contribution is 2.67. The molecule has 62 heavy (non-hydrogen) atoms. The molecule has 0 radical (unpaired) electrons. The summed E-state index contributed by atoms with van der Waals surface area (Å²) in [4.78, 5) is 83.3. The van der Waals surface area contributed by atoms with Gasteiger partial charge in [-0.3, -0.25) is 44.0 Å². The largest absolute Gasteiger partial charge is 0.496 e. The second-order valence-electron chi connectivity index (χ2n) is 16.8. The van der Waals surface area contributed by atoms with Crippen molar-refractivity contribution in [3.63, 3.8) is 0 Å². The van der Waals surface area contributed by atoms with Crippen LogP contribution in [0.3, 0.4) is 0 Å². The second kappa shape index (κ2) is 17.3. The molecule has 4 fully saturated rings. The number of pyridine rings is 2. The molecule has 1 atom stereocenters. The van der Waals surface area contributed by atoms with Crippen molar-refractivity contribution in [1.29, 1.82) is 0 Å². The number of amides is 5. The Morgan fingerprint density at radius 2 is 1.66 bits per heavy atom. The molecule has 3 saturated carbocycles. The molecule has 17 nitrogen and oxygen atoms in total. The van der Waals surface area contributed by atoms with Gasteiger partial charge in [0.05, 0.1) is 62.7 Å². The van der Waals surface area contributed by atoms with Crippen LogP contribution in [0.1, 0.15) is 64.8 Å². The third-order valence-corrected chi connectivity index (χ3v) is 12.4. The van der Waals surface area contributed by atoms with Crippen LogP contribution in [0.25, 0.3) is 21.9 Å². The van der Waals surface area contributed by atoms with Crippen molar-refractivity contribution >= 4 is 46.0 Å². The normalized spacial score (nSPS) is 21.4. The van der Waals surface area contributed by atoms with Gasteiger partial charge in [-0.2, -0.15) is 0 Å². The number of methoxy groups -OCH3 is 2. The number of ether oxygens (including phenoxy) is 4. The van der Waals surface area contributed by atoms with Crippen molar-refractivity contribution in [1.82, 2.24) is 30.0 Å². The first-order valence-electron chi connectivity index (χ1n) is 20.8. The molecule has 1 saturated heterocycles. The van der Waals surface area contributed by atoms with Crippen molar-refractivity contribution in [2.75, 3.05) is 66.1 Å². The smallest absolute Gasteiger partial charge is 0.264 e. The molecule has 2 aromatic heterocycles. The fourth-order valence-corrected chi connectivity index (χ4v) is 9.80. The summed E-state index contributed by atoms with van der Waals surface area (Å²) >= 11 is 0. The van der Waals surface area contributed by atoms with Gasteiger partial charge in [0, 0.05) is 74.9 Å². The number of nitrogens with zero attached hydrogens (tertiary/aromatic N) is 4. The van der Waals surface area contributed by atoms with E-state index >= 15 is 0 Å². The van der Waals surface area contributed by atoms with Gasteiger partial charge in [0.1, 0.15) is 17.5 Å². The van der Waals surface area contributed by atoms with E-state index in [-0.39, 0.29) is 59.4 Å². The highest BCUT2D eigenvalue weighted by Gasteiger charge is 2.68. The lowest BCUT2D eigenvalue weighted by atomic mass is 9.39. The zero-order valence-electron chi connectivity index (χ0n) is 35.3. The minimum Gasteiger partial charge on any atom is -0.496 e.